The number of anilines is 2. The Morgan fingerprint density at radius 3 is 2.05 bits per heavy atom. The van der Waals surface area contributed by atoms with Crippen LogP contribution in [0.4, 0.5) is 24.5 Å². The zero-order valence-corrected chi connectivity index (χ0v) is 22.9. The van der Waals surface area contributed by atoms with Gasteiger partial charge in [-0.3, -0.25) is 9.52 Å². The number of rotatable bonds is 8. The summed E-state index contributed by atoms with van der Waals surface area (Å²) in [5.41, 5.74) is 0.329. The Morgan fingerprint density at radius 1 is 0.821 bits per heavy atom. The van der Waals surface area contributed by atoms with Crippen molar-refractivity contribution in [2.24, 2.45) is 0 Å². The van der Waals surface area contributed by atoms with E-state index >= 15 is 0 Å². The van der Waals surface area contributed by atoms with Gasteiger partial charge in [-0.05, 0) is 84.4 Å². The average Bonchev–Trinajstić information content (AvgIpc) is 2.89. The van der Waals surface area contributed by atoms with Gasteiger partial charge in [-0.2, -0.15) is 13.2 Å². The number of amides is 1. The van der Waals surface area contributed by atoms with Crippen molar-refractivity contribution in [2.45, 2.75) is 21.7 Å². The normalized spacial score (nSPS) is 11.7. The fourth-order valence-corrected chi connectivity index (χ4v) is 5.65. The van der Waals surface area contributed by atoms with Gasteiger partial charge in [0, 0.05) is 32.6 Å². The first-order chi connectivity index (χ1) is 18.4. The van der Waals surface area contributed by atoms with Crippen LogP contribution in [-0.2, 0) is 22.0 Å². The quantitative estimate of drug-likeness (QED) is 0.197. The summed E-state index contributed by atoms with van der Waals surface area (Å²) in [4.78, 5) is 13.5. The van der Waals surface area contributed by atoms with Gasteiger partial charge in [0.2, 0.25) is 0 Å². The minimum Gasteiger partial charge on any atom is -0.322 e. The van der Waals surface area contributed by atoms with Crippen molar-refractivity contribution in [1.29, 1.82) is 0 Å². The van der Waals surface area contributed by atoms with Crippen LogP contribution in [-0.4, -0.2) is 14.3 Å². The van der Waals surface area contributed by atoms with Crippen LogP contribution in [0, 0.1) is 0 Å². The third kappa shape index (κ3) is 7.69. The highest BCUT2D eigenvalue weighted by Gasteiger charge is 2.33. The number of thioether (sulfide) groups is 1. The van der Waals surface area contributed by atoms with E-state index < -0.39 is 26.8 Å². The van der Waals surface area contributed by atoms with E-state index in [4.69, 9.17) is 23.2 Å². The van der Waals surface area contributed by atoms with Gasteiger partial charge in [0.25, 0.3) is 15.9 Å². The summed E-state index contributed by atoms with van der Waals surface area (Å²) in [7, 11) is -4.20. The molecule has 0 radical (unpaired) electrons. The number of benzene rings is 4. The number of alkyl halides is 3. The average molecular weight is 611 g/mol. The maximum Gasteiger partial charge on any atom is 0.417 e. The molecule has 1 amide bonds. The standard InChI is InChI=1S/C27H19Cl2F3N2O3S2/c28-19-5-10-22(11-6-19)38-16-17-1-3-18(4-2-17)26(35)33-20-7-12-23(13-8-20)39(36,37)34-21-9-14-25(29)24(15-21)27(30,31)32/h1-15,34H,16H2,(H,33,35). The molecule has 0 unspecified atom stereocenters. The van der Waals surface area contributed by atoms with Crippen LogP contribution in [0.2, 0.25) is 10.0 Å². The lowest BCUT2D eigenvalue weighted by Gasteiger charge is -2.13. The number of halogens is 5. The highest BCUT2D eigenvalue weighted by molar-refractivity contribution is 7.98. The lowest BCUT2D eigenvalue weighted by atomic mass is 10.1. The van der Waals surface area contributed by atoms with Gasteiger partial charge in [0.1, 0.15) is 0 Å². The first-order valence-corrected chi connectivity index (χ1v) is 14.4. The molecule has 5 nitrogen and oxygen atoms in total. The van der Waals surface area contributed by atoms with Gasteiger partial charge in [-0.15, -0.1) is 11.8 Å². The maximum absolute atomic E-state index is 13.1. The Bertz CT molecular complexity index is 1580. The fraction of sp³-hybridized carbons (Fsp3) is 0.0741. The molecular weight excluding hydrogens is 592 g/mol. The lowest BCUT2D eigenvalue weighted by Crippen LogP contribution is -2.15. The summed E-state index contributed by atoms with van der Waals surface area (Å²) in [6, 6.07) is 22.5. The molecule has 0 aromatic heterocycles. The topological polar surface area (TPSA) is 75.3 Å². The Balaban J connectivity index is 1.37. The van der Waals surface area contributed by atoms with Gasteiger partial charge in [0.05, 0.1) is 15.5 Å². The van der Waals surface area contributed by atoms with Crippen LogP contribution in [0.15, 0.2) is 101 Å². The minimum atomic E-state index is -4.74. The second-order valence-electron chi connectivity index (χ2n) is 8.22. The summed E-state index contributed by atoms with van der Waals surface area (Å²) < 4.78 is 66.7. The third-order valence-corrected chi connectivity index (χ3v) is 8.44. The highest BCUT2D eigenvalue weighted by atomic mass is 35.5. The van der Waals surface area contributed by atoms with Crippen molar-refractivity contribution < 1.29 is 26.4 Å². The van der Waals surface area contributed by atoms with Gasteiger partial charge in [-0.1, -0.05) is 35.3 Å². The monoisotopic (exact) mass is 610 g/mol. The molecular formula is C27H19Cl2F3N2O3S2. The van der Waals surface area contributed by atoms with Crippen LogP contribution in [0.5, 0.6) is 0 Å². The van der Waals surface area contributed by atoms with E-state index in [1.54, 1.807) is 23.9 Å². The Hall–Kier alpha value is -3.18. The SMILES string of the molecule is O=C(Nc1ccc(S(=O)(=O)Nc2ccc(Cl)c(C(F)(F)F)c2)cc1)c1ccc(CSc2ccc(Cl)cc2)cc1. The molecule has 0 heterocycles. The predicted octanol–water partition coefficient (Wildman–Crippen LogP) is 8.36. The minimum absolute atomic E-state index is 0.202. The van der Waals surface area contributed by atoms with Gasteiger partial charge in [0.15, 0.2) is 0 Å². The van der Waals surface area contributed by atoms with Crippen molar-refractivity contribution >= 4 is 62.3 Å². The Kier molecular flexibility index (Phi) is 8.80. The molecule has 202 valence electrons. The lowest BCUT2D eigenvalue weighted by molar-refractivity contribution is -0.137. The van der Waals surface area contributed by atoms with Crippen molar-refractivity contribution in [3.05, 3.63) is 118 Å². The molecule has 4 rings (SSSR count). The molecule has 4 aromatic carbocycles. The number of sulfonamides is 1. The van der Waals surface area contributed by atoms with E-state index in [-0.39, 0.29) is 16.5 Å². The highest BCUT2D eigenvalue weighted by Crippen LogP contribution is 2.36. The molecule has 0 saturated carbocycles. The van der Waals surface area contributed by atoms with Gasteiger partial charge < -0.3 is 5.32 Å². The summed E-state index contributed by atoms with van der Waals surface area (Å²) >= 11 is 13.1. The summed E-state index contributed by atoms with van der Waals surface area (Å²) in [5, 5.41) is 2.81. The van der Waals surface area contributed by atoms with Crippen molar-refractivity contribution in [3.8, 4) is 0 Å². The first-order valence-electron chi connectivity index (χ1n) is 11.2. The summed E-state index contributed by atoms with van der Waals surface area (Å²) in [6.07, 6.45) is -4.74. The second kappa shape index (κ2) is 11.9. The van der Waals surface area contributed by atoms with Crippen molar-refractivity contribution in [1.82, 2.24) is 0 Å². The predicted molar refractivity (Wildman–Crippen MR) is 149 cm³/mol. The van der Waals surface area contributed by atoms with E-state index in [0.717, 1.165) is 22.6 Å². The van der Waals surface area contributed by atoms with Crippen LogP contribution < -0.4 is 10.0 Å². The maximum atomic E-state index is 13.1. The molecule has 0 fully saturated rings. The molecule has 12 heteroatoms. The van der Waals surface area contributed by atoms with Crippen LogP contribution >= 0.6 is 35.0 Å². The molecule has 0 aliphatic heterocycles. The number of hydrogen-bond donors (Lipinski definition) is 2. The summed E-state index contributed by atoms with van der Waals surface area (Å²) in [5.74, 6) is 0.322. The largest absolute Gasteiger partial charge is 0.417 e. The van der Waals surface area contributed by atoms with Crippen molar-refractivity contribution in [2.75, 3.05) is 10.0 Å². The van der Waals surface area contributed by atoms with E-state index in [1.807, 2.05) is 36.4 Å². The van der Waals surface area contributed by atoms with E-state index in [1.165, 1.54) is 24.3 Å². The molecule has 0 bridgehead atoms. The van der Waals surface area contributed by atoms with E-state index in [2.05, 4.69) is 10.0 Å². The van der Waals surface area contributed by atoms with E-state index in [0.29, 0.717) is 28.1 Å². The van der Waals surface area contributed by atoms with Crippen LogP contribution in [0.1, 0.15) is 21.5 Å². The van der Waals surface area contributed by atoms with Crippen molar-refractivity contribution in [3.63, 3.8) is 0 Å². The number of hydrogen-bond acceptors (Lipinski definition) is 4. The molecule has 39 heavy (non-hydrogen) atoms. The Labute approximate surface area is 237 Å². The van der Waals surface area contributed by atoms with E-state index in [9.17, 15) is 26.4 Å². The molecule has 0 spiro atoms. The molecule has 2 N–H and O–H groups in total. The number of carbonyl (C=O) groups excluding carboxylic acids is 1. The van der Waals surface area contributed by atoms with Gasteiger partial charge >= 0.3 is 6.18 Å². The molecule has 0 atom stereocenters. The first kappa shape index (κ1) is 28.8. The Morgan fingerprint density at radius 2 is 1.44 bits per heavy atom. The molecule has 0 aliphatic carbocycles. The summed E-state index contributed by atoms with van der Waals surface area (Å²) in [6.45, 7) is 0. The van der Waals surface area contributed by atoms with Gasteiger partial charge in [-0.25, -0.2) is 8.42 Å². The molecule has 0 aliphatic rings. The molecule has 0 saturated heterocycles. The third-order valence-electron chi connectivity index (χ3n) is 5.38. The zero-order valence-electron chi connectivity index (χ0n) is 19.8. The zero-order chi connectivity index (χ0) is 28.2. The molecule has 4 aromatic rings. The smallest absolute Gasteiger partial charge is 0.322 e. The fourth-order valence-electron chi connectivity index (χ4n) is 3.39. The number of nitrogens with one attached hydrogen (secondary N) is 2. The van der Waals surface area contributed by atoms with Crippen LogP contribution in [0.25, 0.3) is 0 Å². The van der Waals surface area contributed by atoms with Crippen LogP contribution in [0.3, 0.4) is 0 Å². The number of carbonyl (C=O) groups is 1. The second-order valence-corrected chi connectivity index (χ2v) is 11.8.